The summed E-state index contributed by atoms with van der Waals surface area (Å²) in [6, 6.07) is 0. The molecule has 0 bridgehead atoms. The van der Waals surface area contributed by atoms with Crippen molar-refractivity contribution >= 4 is 29.9 Å². The van der Waals surface area contributed by atoms with Crippen molar-refractivity contribution in [3.05, 3.63) is 28.7 Å². The zero-order valence-corrected chi connectivity index (χ0v) is 17.6. The van der Waals surface area contributed by atoms with Gasteiger partial charge in [-0.25, -0.2) is 0 Å². The lowest BCUT2D eigenvalue weighted by molar-refractivity contribution is 0.372. The van der Waals surface area contributed by atoms with Crippen LogP contribution in [0.15, 0.2) is 14.0 Å². The van der Waals surface area contributed by atoms with Crippen LogP contribution in [-0.2, 0) is 25.8 Å². The van der Waals surface area contributed by atoms with Crippen LogP contribution >= 0.6 is 24.0 Å². The molecule has 0 fully saturated rings. The van der Waals surface area contributed by atoms with Gasteiger partial charge in [-0.15, -0.1) is 24.0 Å². The minimum absolute atomic E-state index is 0. The Bertz CT molecular complexity index is 646. The Balaban J connectivity index is 0.00000312. The molecule has 2 rings (SSSR count). The summed E-state index contributed by atoms with van der Waals surface area (Å²) < 4.78 is 10.5. The summed E-state index contributed by atoms with van der Waals surface area (Å²) in [5, 5.41) is 14.5. The van der Waals surface area contributed by atoms with E-state index in [-0.39, 0.29) is 24.0 Å². The maximum atomic E-state index is 5.38. The summed E-state index contributed by atoms with van der Waals surface area (Å²) in [5.41, 5.74) is 2.13. The number of rotatable bonds is 8. The summed E-state index contributed by atoms with van der Waals surface area (Å²) in [7, 11) is 1.76. The van der Waals surface area contributed by atoms with Gasteiger partial charge in [-0.1, -0.05) is 24.2 Å². The molecule has 0 atom stereocenters. The van der Waals surface area contributed by atoms with Crippen LogP contribution in [0.3, 0.4) is 0 Å². The highest BCUT2D eigenvalue weighted by Gasteiger charge is 2.13. The molecule has 0 radical (unpaired) electrons. The zero-order valence-electron chi connectivity index (χ0n) is 15.3. The molecule has 0 spiro atoms. The molecule has 140 valence electrons. The van der Waals surface area contributed by atoms with E-state index in [0.717, 1.165) is 55.2 Å². The first kappa shape index (κ1) is 21.4. The molecular formula is C16H27IN6O2. The molecule has 0 aromatic carbocycles. The smallest absolute Gasteiger partial charge is 0.226 e. The van der Waals surface area contributed by atoms with Crippen LogP contribution in [0.4, 0.5) is 0 Å². The molecule has 0 saturated heterocycles. The van der Waals surface area contributed by atoms with E-state index in [1.54, 1.807) is 7.05 Å². The topological polar surface area (TPSA) is 101 Å². The van der Waals surface area contributed by atoms with Gasteiger partial charge in [0, 0.05) is 38.5 Å². The third-order valence-electron chi connectivity index (χ3n) is 3.69. The number of halogens is 1. The highest BCUT2D eigenvalue weighted by molar-refractivity contribution is 14.0. The molecule has 0 aliphatic rings. The van der Waals surface area contributed by atoms with Crippen LogP contribution in [0.5, 0.6) is 0 Å². The van der Waals surface area contributed by atoms with Crippen LogP contribution in [0, 0.1) is 6.92 Å². The number of hydrogen-bond acceptors (Lipinski definition) is 6. The van der Waals surface area contributed by atoms with Gasteiger partial charge in [0.05, 0.1) is 5.69 Å². The van der Waals surface area contributed by atoms with Crippen molar-refractivity contribution in [3.8, 4) is 0 Å². The Morgan fingerprint density at radius 2 is 1.92 bits per heavy atom. The van der Waals surface area contributed by atoms with Gasteiger partial charge >= 0.3 is 0 Å². The number of aryl methyl sites for hydroxylation is 4. The predicted octanol–water partition coefficient (Wildman–Crippen LogP) is 2.41. The van der Waals surface area contributed by atoms with Gasteiger partial charge < -0.3 is 19.7 Å². The fourth-order valence-electron chi connectivity index (χ4n) is 2.42. The van der Waals surface area contributed by atoms with E-state index >= 15 is 0 Å². The van der Waals surface area contributed by atoms with E-state index in [9.17, 15) is 0 Å². The molecule has 2 heterocycles. The first-order valence-corrected chi connectivity index (χ1v) is 8.37. The van der Waals surface area contributed by atoms with Crippen LogP contribution in [0.2, 0.25) is 0 Å². The Labute approximate surface area is 165 Å². The third kappa shape index (κ3) is 6.29. The van der Waals surface area contributed by atoms with Gasteiger partial charge in [0.15, 0.2) is 11.8 Å². The van der Waals surface area contributed by atoms with Gasteiger partial charge in [0.25, 0.3) is 0 Å². The first-order valence-electron chi connectivity index (χ1n) is 8.37. The van der Waals surface area contributed by atoms with Crippen molar-refractivity contribution in [3.63, 3.8) is 0 Å². The van der Waals surface area contributed by atoms with Crippen LogP contribution in [-0.4, -0.2) is 34.8 Å². The molecule has 2 N–H and O–H groups in total. The first-order chi connectivity index (χ1) is 11.7. The summed E-state index contributed by atoms with van der Waals surface area (Å²) in [4.78, 5) is 8.43. The predicted molar refractivity (Wildman–Crippen MR) is 106 cm³/mol. The van der Waals surface area contributed by atoms with Crippen LogP contribution in [0.1, 0.15) is 49.0 Å². The van der Waals surface area contributed by atoms with Crippen molar-refractivity contribution in [2.75, 3.05) is 13.6 Å². The molecule has 0 unspecified atom stereocenters. The quantitative estimate of drug-likeness (QED) is 0.269. The van der Waals surface area contributed by atoms with Crippen LogP contribution in [0.25, 0.3) is 0 Å². The second kappa shape index (κ2) is 11.1. The fourth-order valence-corrected chi connectivity index (χ4v) is 2.42. The van der Waals surface area contributed by atoms with E-state index in [1.165, 1.54) is 0 Å². The van der Waals surface area contributed by atoms with Gasteiger partial charge in [-0.05, 0) is 19.8 Å². The molecule has 0 aliphatic heterocycles. The van der Waals surface area contributed by atoms with E-state index in [0.29, 0.717) is 18.3 Å². The standard InChI is InChI=1S/C16H26N6O2.HI/c1-5-13-12(14(6-2)23-22-13)10-19-16(17-4)18-9-7-8-15-20-11(3)21-24-15;/h5-10H2,1-4H3,(H2,17,18,19);1H. The van der Waals surface area contributed by atoms with Gasteiger partial charge in [-0.3, -0.25) is 4.99 Å². The summed E-state index contributed by atoms with van der Waals surface area (Å²) in [6.45, 7) is 7.38. The Hall–Kier alpha value is -1.65. The normalized spacial score (nSPS) is 11.3. The summed E-state index contributed by atoms with van der Waals surface area (Å²) >= 11 is 0. The van der Waals surface area contributed by atoms with Crippen molar-refractivity contribution in [2.24, 2.45) is 4.99 Å². The molecule has 0 amide bonds. The maximum absolute atomic E-state index is 5.38. The average molecular weight is 462 g/mol. The SMILES string of the molecule is CCc1noc(CC)c1CNC(=NC)NCCCc1nc(C)no1.I. The number of aromatic nitrogens is 3. The number of guanidine groups is 1. The molecule has 25 heavy (non-hydrogen) atoms. The molecular weight excluding hydrogens is 435 g/mol. The minimum atomic E-state index is 0. The van der Waals surface area contributed by atoms with Gasteiger partial charge in [0.2, 0.25) is 5.89 Å². The molecule has 2 aromatic heterocycles. The number of nitrogens with zero attached hydrogens (tertiary/aromatic N) is 4. The van der Waals surface area contributed by atoms with Gasteiger partial charge in [-0.2, -0.15) is 4.98 Å². The molecule has 0 saturated carbocycles. The van der Waals surface area contributed by atoms with E-state index in [1.807, 2.05) is 6.92 Å². The third-order valence-corrected chi connectivity index (χ3v) is 3.69. The monoisotopic (exact) mass is 462 g/mol. The molecule has 0 aliphatic carbocycles. The molecule has 9 heteroatoms. The lowest BCUT2D eigenvalue weighted by Gasteiger charge is -2.11. The Kier molecular flexibility index (Phi) is 9.46. The summed E-state index contributed by atoms with van der Waals surface area (Å²) in [6.07, 6.45) is 3.32. The van der Waals surface area contributed by atoms with E-state index < -0.39 is 0 Å². The second-order valence-electron chi connectivity index (χ2n) is 5.43. The molecule has 2 aromatic rings. The van der Waals surface area contributed by atoms with Crippen molar-refractivity contribution in [2.45, 2.75) is 53.0 Å². The van der Waals surface area contributed by atoms with Gasteiger partial charge in [0.1, 0.15) is 5.76 Å². The zero-order chi connectivity index (χ0) is 17.4. The number of nitrogens with one attached hydrogen (secondary N) is 2. The number of hydrogen-bond donors (Lipinski definition) is 2. The minimum Gasteiger partial charge on any atom is -0.361 e. The maximum Gasteiger partial charge on any atom is 0.226 e. The highest BCUT2D eigenvalue weighted by atomic mass is 127. The Morgan fingerprint density at radius 1 is 1.12 bits per heavy atom. The lowest BCUT2D eigenvalue weighted by atomic mass is 10.1. The van der Waals surface area contributed by atoms with E-state index in [4.69, 9.17) is 9.05 Å². The molecule has 8 nitrogen and oxygen atoms in total. The van der Waals surface area contributed by atoms with Crippen molar-refractivity contribution in [1.82, 2.24) is 25.9 Å². The lowest BCUT2D eigenvalue weighted by Crippen LogP contribution is -2.37. The van der Waals surface area contributed by atoms with Crippen molar-refractivity contribution in [1.29, 1.82) is 0 Å². The van der Waals surface area contributed by atoms with Crippen LogP contribution < -0.4 is 10.6 Å². The summed E-state index contributed by atoms with van der Waals surface area (Å²) in [5.74, 6) is 3.02. The van der Waals surface area contributed by atoms with E-state index in [2.05, 4.69) is 44.8 Å². The van der Waals surface area contributed by atoms with Crippen molar-refractivity contribution < 1.29 is 9.05 Å². The Morgan fingerprint density at radius 3 is 2.52 bits per heavy atom. The highest BCUT2D eigenvalue weighted by Crippen LogP contribution is 2.15. The second-order valence-corrected chi connectivity index (χ2v) is 5.43. The fraction of sp³-hybridized carbons (Fsp3) is 0.625. The average Bonchev–Trinajstić information content (AvgIpc) is 3.19. The number of aliphatic imine (C=N–C) groups is 1. The largest absolute Gasteiger partial charge is 0.361 e.